The summed E-state index contributed by atoms with van der Waals surface area (Å²) in [6, 6.07) is 9.19. The number of carbonyl (C=O) groups is 2. The maximum absolute atomic E-state index is 11.9. The highest BCUT2D eigenvalue weighted by Crippen LogP contribution is 2.32. The van der Waals surface area contributed by atoms with Crippen LogP contribution in [0.2, 0.25) is 5.02 Å². The van der Waals surface area contributed by atoms with E-state index in [0.29, 0.717) is 21.4 Å². The quantitative estimate of drug-likeness (QED) is 0.821. The maximum Gasteiger partial charge on any atom is 0.286 e. The number of rotatable bonds is 2. The minimum absolute atomic E-state index is 0.271. The fourth-order valence-corrected chi connectivity index (χ4v) is 3.21. The number of furan rings is 1. The van der Waals surface area contributed by atoms with E-state index in [2.05, 4.69) is 10.3 Å². The van der Waals surface area contributed by atoms with Crippen molar-refractivity contribution in [2.75, 3.05) is 0 Å². The van der Waals surface area contributed by atoms with E-state index in [-0.39, 0.29) is 11.1 Å². The summed E-state index contributed by atoms with van der Waals surface area (Å²) in [4.78, 5) is 27.1. The van der Waals surface area contributed by atoms with Crippen molar-refractivity contribution in [3.63, 3.8) is 0 Å². The van der Waals surface area contributed by atoms with Crippen molar-refractivity contribution in [2.24, 2.45) is 4.99 Å². The van der Waals surface area contributed by atoms with E-state index in [4.69, 9.17) is 16.0 Å². The highest BCUT2D eigenvalue weighted by molar-refractivity contribution is 8.18. The van der Waals surface area contributed by atoms with Crippen LogP contribution in [0.25, 0.3) is 17.4 Å². The van der Waals surface area contributed by atoms with Crippen LogP contribution in [0, 0.1) is 6.92 Å². The minimum atomic E-state index is -0.402. The Hall–Kier alpha value is -2.31. The highest BCUT2D eigenvalue weighted by atomic mass is 35.5. The first-order valence-electron chi connectivity index (χ1n) is 7.09. The van der Waals surface area contributed by atoms with Gasteiger partial charge in [-0.3, -0.25) is 9.59 Å². The van der Waals surface area contributed by atoms with Crippen molar-refractivity contribution in [3.8, 4) is 11.3 Å². The number of hydrogen-bond acceptors (Lipinski definition) is 4. The zero-order valence-electron chi connectivity index (χ0n) is 12.9. The molecule has 0 radical (unpaired) electrons. The first-order valence-corrected chi connectivity index (χ1v) is 8.29. The Kier molecular flexibility index (Phi) is 4.59. The molecule has 122 valence electrons. The molecule has 2 aromatic rings. The van der Waals surface area contributed by atoms with E-state index in [0.717, 1.165) is 22.9 Å². The molecule has 0 unspecified atom stereocenters. The third-order valence-electron chi connectivity index (χ3n) is 3.34. The summed E-state index contributed by atoms with van der Waals surface area (Å²) in [6.45, 7) is 3.28. The molecular formula is C17H13ClN2O3S. The molecule has 0 spiro atoms. The number of amidine groups is 1. The van der Waals surface area contributed by atoms with Crippen LogP contribution in [0.3, 0.4) is 0 Å². The monoisotopic (exact) mass is 360 g/mol. The lowest BCUT2D eigenvalue weighted by atomic mass is 10.1. The van der Waals surface area contributed by atoms with Gasteiger partial charge in [-0.15, -0.1) is 0 Å². The molecule has 2 heterocycles. The zero-order chi connectivity index (χ0) is 17.3. The number of halogens is 1. The third-order valence-corrected chi connectivity index (χ3v) is 4.65. The second-order valence-electron chi connectivity index (χ2n) is 5.13. The molecule has 1 aliphatic heterocycles. The van der Waals surface area contributed by atoms with Crippen molar-refractivity contribution in [2.45, 2.75) is 13.8 Å². The fraction of sp³-hybridized carbons (Fsp3) is 0.118. The number of thioether (sulfide) groups is 1. The van der Waals surface area contributed by atoms with E-state index < -0.39 is 5.91 Å². The van der Waals surface area contributed by atoms with Crippen LogP contribution < -0.4 is 5.32 Å². The van der Waals surface area contributed by atoms with Gasteiger partial charge in [0.1, 0.15) is 11.5 Å². The number of nitrogens with zero attached hydrogens (tertiary/aromatic N) is 1. The topological polar surface area (TPSA) is 71.7 Å². The molecule has 1 N–H and O–H groups in total. The molecule has 0 bridgehead atoms. The average molecular weight is 361 g/mol. The van der Waals surface area contributed by atoms with Gasteiger partial charge in [0.2, 0.25) is 5.91 Å². The van der Waals surface area contributed by atoms with Crippen molar-refractivity contribution >= 4 is 46.4 Å². The number of amides is 2. The molecule has 0 fully saturated rings. The second kappa shape index (κ2) is 6.67. The van der Waals surface area contributed by atoms with Gasteiger partial charge in [-0.2, -0.15) is 4.99 Å². The van der Waals surface area contributed by atoms with Crippen LogP contribution in [-0.4, -0.2) is 17.0 Å². The van der Waals surface area contributed by atoms with Gasteiger partial charge in [-0.25, -0.2) is 0 Å². The van der Waals surface area contributed by atoms with Crippen molar-refractivity contribution in [1.82, 2.24) is 5.32 Å². The van der Waals surface area contributed by atoms with Crippen molar-refractivity contribution in [3.05, 3.63) is 51.6 Å². The summed E-state index contributed by atoms with van der Waals surface area (Å²) >= 11 is 7.23. The predicted octanol–water partition coefficient (Wildman–Crippen LogP) is 4.01. The molecule has 2 amide bonds. The van der Waals surface area contributed by atoms with Gasteiger partial charge in [-0.1, -0.05) is 23.7 Å². The Bertz CT molecular complexity index is 899. The summed E-state index contributed by atoms with van der Waals surface area (Å²) in [5.41, 5.74) is 1.82. The standard InChI is InChI=1S/C17H13ClN2O3S/c1-9-12(4-3-5-13(9)18)14-7-6-11(23-14)8-15-16(22)20-17(24-15)19-10(2)21/h3-8H,1-2H3,(H,19,20,21,22)/b15-8+. The normalized spacial score (nSPS) is 15.7. The summed E-state index contributed by atoms with van der Waals surface area (Å²) in [7, 11) is 0. The lowest BCUT2D eigenvalue weighted by molar-refractivity contribution is -0.117. The van der Waals surface area contributed by atoms with Gasteiger partial charge >= 0.3 is 0 Å². The Morgan fingerprint density at radius 1 is 1.33 bits per heavy atom. The molecule has 1 aromatic carbocycles. The van der Waals surface area contributed by atoms with Crippen LogP contribution in [0.1, 0.15) is 18.2 Å². The molecule has 5 nitrogen and oxygen atoms in total. The second-order valence-corrected chi connectivity index (χ2v) is 6.57. The third kappa shape index (κ3) is 3.44. The molecule has 1 aromatic heterocycles. The number of benzene rings is 1. The fourth-order valence-electron chi connectivity index (χ4n) is 2.19. The number of hydrogen-bond donors (Lipinski definition) is 1. The van der Waals surface area contributed by atoms with E-state index in [1.807, 2.05) is 31.2 Å². The number of nitrogens with one attached hydrogen (secondary N) is 1. The summed E-state index contributed by atoms with van der Waals surface area (Å²) in [6.07, 6.45) is 1.61. The Morgan fingerprint density at radius 3 is 2.88 bits per heavy atom. The largest absolute Gasteiger partial charge is 0.457 e. The molecule has 3 rings (SSSR count). The first-order chi connectivity index (χ1) is 11.4. The summed E-state index contributed by atoms with van der Waals surface area (Å²) < 4.78 is 5.79. The lowest BCUT2D eigenvalue weighted by Gasteiger charge is -2.03. The molecule has 0 atom stereocenters. The molecule has 0 saturated heterocycles. The maximum atomic E-state index is 11.9. The van der Waals surface area contributed by atoms with Crippen molar-refractivity contribution < 1.29 is 14.0 Å². The van der Waals surface area contributed by atoms with E-state index in [9.17, 15) is 9.59 Å². The van der Waals surface area contributed by atoms with Crippen LogP contribution in [-0.2, 0) is 9.59 Å². The van der Waals surface area contributed by atoms with Crippen LogP contribution >= 0.6 is 23.4 Å². The highest BCUT2D eigenvalue weighted by Gasteiger charge is 2.23. The van der Waals surface area contributed by atoms with E-state index >= 15 is 0 Å². The molecule has 0 saturated carbocycles. The number of aliphatic imine (C=N–C) groups is 1. The van der Waals surface area contributed by atoms with Gasteiger partial charge in [0.05, 0.1) is 4.91 Å². The van der Waals surface area contributed by atoms with E-state index in [1.54, 1.807) is 12.1 Å². The Labute approximate surface area is 147 Å². The van der Waals surface area contributed by atoms with Crippen molar-refractivity contribution in [1.29, 1.82) is 0 Å². The van der Waals surface area contributed by atoms with E-state index in [1.165, 1.54) is 6.92 Å². The lowest BCUT2D eigenvalue weighted by Crippen LogP contribution is -2.23. The smallest absolute Gasteiger partial charge is 0.286 e. The summed E-state index contributed by atoms with van der Waals surface area (Å²) in [5.74, 6) is 0.521. The molecule has 1 aliphatic rings. The zero-order valence-corrected chi connectivity index (χ0v) is 14.5. The molecule has 0 aliphatic carbocycles. The van der Waals surface area contributed by atoms with Gasteiger partial charge in [0.25, 0.3) is 5.91 Å². The molecule has 24 heavy (non-hydrogen) atoms. The minimum Gasteiger partial charge on any atom is -0.457 e. The Morgan fingerprint density at radius 2 is 2.12 bits per heavy atom. The van der Waals surface area contributed by atoms with Gasteiger partial charge < -0.3 is 9.73 Å². The molecular weight excluding hydrogens is 348 g/mol. The average Bonchev–Trinajstić information content (AvgIpc) is 3.09. The van der Waals surface area contributed by atoms with Gasteiger partial charge in [0, 0.05) is 23.6 Å². The van der Waals surface area contributed by atoms with Gasteiger partial charge in [-0.05, 0) is 42.4 Å². The Balaban J connectivity index is 1.83. The van der Waals surface area contributed by atoms with Crippen LogP contribution in [0.5, 0.6) is 0 Å². The SMILES string of the molecule is CC(=O)NC1=NC(=O)/C(=C\c2ccc(-c3cccc(Cl)c3C)o2)S1. The first kappa shape index (κ1) is 16.5. The van der Waals surface area contributed by atoms with Crippen LogP contribution in [0.15, 0.2) is 44.6 Å². The van der Waals surface area contributed by atoms with Gasteiger partial charge in [0.15, 0.2) is 5.17 Å². The molecule has 7 heteroatoms. The predicted molar refractivity (Wildman–Crippen MR) is 95.7 cm³/mol. The number of carbonyl (C=O) groups excluding carboxylic acids is 2. The summed E-state index contributed by atoms with van der Waals surface area (Å²) in [5, 5.41) is 3.44. The van der Waals surface area contributed by atoms with Crippen LogP contribution in [0.4, 0.5) is 0 Å².